The van der Waals surface area contributed by atoms with Gasteiger partial charge in [-0.05, 0) is 64.6 Å². The summed E-state index contributed by atoms with van der Waals surface area (Å²) in [5.74, 6) is 1.30. The van der Waals surface area contributed by atoms with E-state index in [-0.39, 0.29) is 11.3 Å². The van der Waals surface area contributed by atoms with E-state index in [1.54, 1.807) is 0 Å². The van der Waals surface area contributed by atoms with Gasteiger partial charge < -0.3 is 14.7 Å². The Morgan fingerprint density at radius 2 is 1.88 bits per heavy atom. The molecule has 4 aliphatic rings. The van der Waals surface area contributed by atoms with Crippen molar-refractivity contribution in [3.05, 3.63) is 0 Å². The van der Waals surface area contributed by atoms with Gasteiger partial charge in [-0.2, -0.15) is 0 Å². The van der Waals surface area contributed by atoms with E-state index in [0.29, 0.717) is 19.0 Å². The number of likely N-dealkylation sites (tertiary alicyclic amines) is 2. The first-order chi connectivity index (χ1) is 12.6. The van der Waals surface area contributed by atoms with Gasteiger partial charge in [0.05, 0.1) is 12.0 Å². The minimum atomic E-state index is -0.276. The number of carbonyl (C=O) groups is 2. The van der Waals surface area contributed by atoms with Crippen LogP contribution in [0.5, 0.6) is 0 Å². The molecular formula is C20H34N4O2. The number of likely N-dealkylation sites (N-methyl/N-ethyl adjacent to an activating group) is 1. The highest BCUT2D eigenvalue weighted by Gasteiger charge is 2.49. The summed E-state index contributed by atoms with van der Waals surface area (Å²) in [5.41, 5.74) is -0.276. The van der Waals surface area contributed by atoms with Gasteiger partial charge in [0, 0.05) is 39.3 Å². The second kappa shape index (κ2) is 7.47. The highest BCUT2D eigenvalue weighted by Crippen LogP contribution is 2.41. The van der Waals surface area contributed by atoms with E-state index < -0.39 is 0 Å². The molecule has 1 atom stereocenters. The van der Waals surface area contributed by atoms with Crippen molar-refractivity contribution >= 4 is 11.8 Å². The molecule has 2 amide bonds. The Kier molecular flexibility index (Phi) is 5.24. The Hall–Kier alpha value is -1.14. The molecule has 1 aliphatic carbocycles. The van der Waals surface area contributed by atoms with Crippen molar-refractivity contribution in [3.8, 4) is 0 Å². The Morgan fingerprint density at radius 3 is 2.69 bits per heavy atom. The van der Waals surface area contributed by atoms with Crippen molar-refractivity contribution in [2.45, 2.75) is 38.5 Å². The number of nitrogens with zero attached hydrogens (tertiary/aromatic N) is 4. The third-order valence-electron chi connectivity index (χ3n) is 6.88. The molecule has 146 valence electrons. The molecule has 0 aromatic carbocycles. The molecule has 1 saturated carbocycles. The Morgan fingerprint density at radius 1 is 1.04 bits per heavy atom. The lowest BCUT2D eigenvalue weighted by atomic mass is 9.78. The van der Waals surface area contributed by atoms with Crippen molar-refractivity contribution in [1.82, 2.24) is 19.6 Å². The maximum absolute atomic E-state index is 13.1. The standard InChI is InChI=1S/C20H34N4O2/c1-21-8-3-9-22(13-12-21)15-18(25)24-11-7-20(16-24)6-2-10-23(19(20)26)14-17-4-5-17/h17H,2-16H2,1H3/t20-/m0/s1. The molecule has 6 nitrogen and oxygen atoms in total. The van der Waals surface area contributed by atoms with Crippen LogP contribution in [0.1, 0.15) is 38.5 Å². The normalized spacial score (nSPS) is 31.7. The van der Waals surface area contributed by atoms with E-state index in [9.17, 15) is 9.59 Å². The number of hydrogen-bond acceptors (Lipinski definition) is 4. The zero-order chi connectivity index (χ0) is 18.1. The number of rotatable bonds is 4. The van der Waals surface area contributed by atoms with Crippen LogP contribution in [-0.2, 0) is 9.59 Å². The number of piperidine rings is 1. The fourth-order valence-electron chi connectivity index (χ4n) is 4.95. The summed E-state index contributed by atoms with van der Waals surface area (Å²) in [6.45, 7) is 7.92. The van der Waals surface area contributed by atoms with Crippen LogP contribution in [0.3, 0.4) is 0 Å². The average Bonchev–Trinajstić information content (AvgIpc) is 3.37. The highest BCUT2D eigenvalue weighted by atomic mass is 16.2. The van der Waals surface area contributed by atoms with Gasteiger partial charge in [0.15, 0.2) is 0 Å². The molecular weight excluding hydrogens is 328 g/mol. The van der Waals surface area contributed by atoms with Crippen molar-refractivity contribution in [2.75, 3.05) is 66.0 Å². The molecule has 0 radical (unpaired) electrons. The molecule has 1 spiro atoms. The lowest BCUT2D eigenvalue weighted by Gasteiger charge is -2.39. The second-order valence-electron chi connectivity index (χ2n) is 9.08. The van der Waals surface area contributed by atoms with E-state index in [4.69, 9.17) is 0 Å². The highest BCUT2D eigenvalue weighted by molar-refractivity contribution is 5.86. The van der Waals surface area contributed by atoms with Gasteiger partial charge in [-0.25, -0.2) is 0 Å². The minimum absolute atomic E-state index is 0.221. The smallest absolute Gasteiger partial charge is 0.236 e. The van der Waals surface area contributed by atoms with Gasteiger partial charge in [0.2, 0.25) is 11.8 Å². The largest absolute Gasteiger partial charge is 0.342 e. The molecule has 3 saturated heterocycles. The number of carbonyl (C=O) groups excluding carboxylic acids is 2. The topological polar surface area (TPSA) is 47.1 Å². The van der Waals surface area contributed by atoms with Crippen LogP contribution in [0.25, 0.3) is 0 Å². The molecule has 0 N–H and O–H groups in total. The third-order valence-corrected chi connectivity index (χ3v) is 6.88. The van der Waals surface area contributed by atoms with Gasteiger partial charge in [0.25, 0.3) is 0 Å². The van der Waals surface area contributed by atoms with Crippen molar-refractivity contribution in [1.29, 1.82) is 0 Å². The maximum atomic E-state index is 13.1. The lowest BCUT2D eigenvalue weighted by Crippen LogP contribution is -2.51. The molecule has 0 aromatic heterocycles. The Bertz CT molecular complexity index is 550. The molecule has 4 fully saturated rings. The third kappa shape index (κ3) is 3.91. The van der Waals surface area contributed by atoms with Gasteiger partial charge >= 0.3 is 0 Å². The summed E-state index contributed by atoms with van der Waals surface area (Å²) in [7, 11) is 2.15. The van der Waals surface area contributed by atoms with Crippen LogP contribution in [0.2, 0.25) is 0 Å². The van der Waals surface area contributed by atoms with Crippen LogP contribution in [0.15, 0.2) is 0 Å². The van der Waals surface area contributed by atoms with Crippen molar-refractivity contribution in [2.24, 2.45) is 11.3 Å². The molecule has 6 heteroatoms. The molecule has 0 unspecified atom stereocenters. The zero-order valence-electron chi connectivity index (χ0n) is 16.3. The van der Waals surface area contributed by atoms with Crippen LogP contribution < -0.4 is 0 Å². The first-order valence-electron chi connectivity index (χ1n) is 10.5. The van der Waals surface area contributed by atoms with Crippen molar-refractivity contribution < 1.29 is 9.59 Å². The molecule has 0 aromatic rings. The number of amides is 2. The summed E-state index contributed by atoms with van der Waals surface area (Å²) < 4.78 is 0. The Balaban J connectivity index is 1.33. The molecule has 4 rings (SSSR count). The SMILES string of the molecule is CN1CCCN(CC(=O)N2CC[C@@]3(CCCN(CC4CC4)C3=O)C2)CC1. The predicted octanol–water partition coefficient (Wildman–Crippen LogP) is 0.875. The van der Waals surface area contributed by atoms with Crippen LogP contribution in [0.4, 0.5) is 0 Å². The zero-order valence-corrected chi connectivity index (χ0v) is 16.3. The van der Waals surface area contributed by atoms with E-state index in [2.05, 4.69) is 21.7 Å². The van der Waals surface area contributed by atoms with Crippen LogP contribution in [-0.4, -0.2) is 97.4 Å². The quantitative estimate of drug-likeness (QED) is 0.745. The van der Waals surface area contributed by atoms with Crippen LogP contribution >= 0.6 is 0 Å². The molecule has 3 heterocycles. The fraction of sp³-hybridized carbons (Fsp3) is 0.900. The molecule has 26 heavy (non-hydrogen) atoms. The summed E-state index contributed by atoms with van der Waals surface area (Å²) in [6.07, 6.45) is 6.62. The van der Waals surface area contributed by atoms with Gasteiger partial charge in [-0.1, -0.05) is 0 Å². The summed E-state index contributed by atoms with van der Waals surface area (Å²) in [4.78, 5) is 34.7. The van der Waals surface area contributed by atoms with Crippen molar-refractivity contribution in [3.63, 3.8) is 0 Å². The number of hydrogen-bond donors (Lipinski definition) is 0. The molecule has 0 bridgehead atoms. The first kappa shape index (κ1) is 18.2. The first-order valence-corrected chi connectivity index (χ1v) is 10.5. The van der Waals surface area contributed by atoms with E-state index in [0.717, 1.165) is 77.4 Å². The van der Waals surface area contributed by atoms with Gasteiger partial charge in [0.1, 0.15) is 0 Å². The molecule has 3 aliphatic heterocycles. The lowest BCUT2D eigenvalue weighted by molar-refractivity contribution is -0.146. The maximum Gasteiger partial charge on any atom is 0.236 e. The summed E-state index contributed by atoms with van der Waals surface area (Å²) in [6, 6.07) is 0. The average molecular weight is 363 g/mol. The predicted molar refractivity (Wildman–Crippen MR) is 101 cm³/mol. The minimum Gasteiger partial charge on any atom is -0.342 e. The van der Waals surface area contributed by atoms with Gasteiger partial charge in [-0.3, -0.25) is 14.5 Å². The summed E-state index contributed by atoms with van der Waals surface area (Å²) >= 11 is 0. The van der Waals surface area contributed by atoms with E-state index in [1.807, 2.05) is 4.90 Å². The van der Waals surface area contributed by atoms with E-state index in [1.165, 1.54) is 12.8 Å². The van der Waals surface area contributed by atoms with Gasteiger partial charge in [-0.15, -0.1) is 0 Å². The van der Waals surface area contributed by atoms with E-state index >= 15 is 0 Å². The van der Waals surface area contributed by atoms with Crippen LogP contribution in [0, 0.1) is 11.3 Å². The monoisotopic (exact) mass is 362 g/mol. The summed E-state index contributed by atoms with van der Waals surface area (Å²) in [5, 5.41) is 0. The fourth-order valence-corrected chi connectivity index (χ4v) is 4.95. The Labute approximate surface area is 157 Å². The second-order valence-corrected chi connectivity index (χ2v) is 9.08.